The van der Waals surface area contributed by atoms with Gasteiger partial charge in [-0.25, -0.2) is 9.59 Å². The molecule has 0 bridgehead atoms. The third kappa shape index (κ3) is 6.39. The van der Waals surface area contributed by atoms with Crippen LogP contribution in [0.5, 0.6) is 5.75 Å². The second-order valence-electron chi connectivity index (χ2n) is 6.52. The highest BCUT2D eigenvalue weighted by atomic mass is 35.5. The van der Waals surface area contributed by atoms with Crippen molar-refractivity contribution in [2.45, 2.75) is 25.0 Å². The molecule has 1 atom stereocenters. The summed E-state index contributed by atoms with van der Waals surface area (Å²) in [7, 11) is 0. The average Bonchev–Trinajstić information content (AvgIpc) is 2.71. The van der Waals surface area contributed by atoms with E-state index in [0.717, 1.165) is 11.6 Å². The highest BCUT2D eigenvalue weighted by Crippen LogP contribution is 2.44. The van der Waals surface area contributed by atoms with Crippen LogP contribution in [0.4, 0.5) is 26.3 Å². The van der Waals surface area contributed by atoms with E-state index in [4.69, 9.17) is 37.1 Å². The van der Waals surface area contributed by atoms with Gasteiger partial charge in [-0.15, -0.1) is 0 Å². The Labute approximate surface area is 186 Å². The van der Waals surface area contributed by atoms with E-state index in [1.165, 1.54) is 12.1 Å². The van der Waals surface area contributed by atoms with Crippen LogP contribution in [-0.2, 0) is 16.1 Å². The van der Waals surface area contributed by atoms with E-state index in [0.29, 0.717) is 17.7 Å². The van der Waals surface area contributed by atoms with Gasteiger partial charge in [-0.05, 0) is 29.3 Å². The predicted molar refractivity (Wildman–Crippen MR) is 105 cm³/mol. The lowest BCUT2D eigenvalue weighted by Gasteiger charge is -2.28. The Hall–Kier alpha value is -3.25. The molecule has 1 aliphatic heterocycles. The second kappa shape index (κ2) is 9.71. The summed E-state index contributed by atoms with van der Waals surface area (Å²) in [4.78, 5) is 20.1. The molecule has 0 spiro atoms. The maximum absolute atomic E-state index is 13.3. The SMILES string of the molecule is NCc1ccc(-c2cc(Cl)cc3c2OC(C(F)(F)F)C(C(=O)O)=C3)cc1.O=C(O)C(F)(F)F. The minimum atomic E-state index is -5.08. The first-order valence-electron chi connectivity index (χ1n) is 8.76. The molecule has 0 saturated heterocycles. The van der Waals surface area contributed by atoms with Crippen LogP contribution >= 0.6 is 11.6 Å². The van der Waals surface area contributed by atoms with Crippen LogP contribution < -0.4 is 10.5 Å². The van der Waals surface area contributed by atoms with Crippen LogP contribution in [0.25, 0.3) is 17.2 Å². The lowest BCUT2D eigenvalue weighted by Crippen LogP contribution is -2.40. The Balaban J connectivity index is 0.000000479. The topological polar surface area (TPSA) is 110 Å². The number of carboxylic acids is 2. The minimum Gasteiger partial charge on any atom is -0.478 e. The first kappa shape index (κ1) is 26.0. The zero-order valence-corrected chi connectivity index (χ0v) is 16.9. The molecule has 0 fully saturated rings. The van der Waals surface area contributed by atoms with Crippen molar-refractivity contribution in [2.24, 2.45) is 5.73 Å². The number of carbonyl (C=O) groups is 2. The van der Waals surface area contributed by atoms with Crippen LogP contribution in [0.1, 0.15) is 11.1 Å². The van der Waals surface area contributed by atoms with Gasteiger partial charge in [0.1, 0.15) is 5.75 Å². The number of benzene rings is 2. The number of rotatable bonds is 3. The number of aliphatic carboxylic acids is 2. The molecular formula is C20H14ClF6NO5. The van der Waals surface area contributed by atoms with Crippen LogP contribution in [0.2, 0.25) is 5.02 Å². The molecule has 2 aromatic carbocycles. The van der Waals surface area contributed by atoms with E-state index < -0.39 is 36.0 Å². The van der Waals surface area contributed by atoms with Crippen molar-refractivity contribution in [3.63, 3.8) is 0 Å². The summed E-state index contributed by atoms with van der Waals surface area (Å²) in [6.07, 6.45) is -11.6. The van der Waals surface area contributed by atoms with Crippen LogP contribution in [0.3, 0.4) is 0 Å². The molecule has 1 unspecified atom stereocenters. The molecule has 1 heterocycles. The van der Waals surface area contributed by atoms with E-state index in [2.05, 4.69) is 0 Å². The summed E-state index contributed by atoms with van der Waals surface area (Å²) in [6.45, 7) is 0.325. The molecule has 3 rings (SSSR count). The zero-order chi connectivity index (χ0) is 25.1. The molecule has 0 saturated carbocycles. The minimum absolute atomic E-state index is 0.0674. The monoisotopic (exact) mass is 497 g/mol. The molecule has 0 aliphatic carbocycles. The van der Waals surface area contributed by atoms with Gasteiger partial charge < -0.3 is 20.7 Å². The van der Waals surface area contributed by atoms with E-state index in [9.17, 15) is 31.1 Å². The fraction of sp³-hybridized carbons (Fsp3) is 0.200. The fourth-order valence-electron chi connectivity index (χ4n) is 2.73. The molecule has 6 nitrogen and oxygen atoms in total. The quantitative estimate of drug-likeness (QED) is 0.521. The van der Waals surface area contributed by atoms with Crippen molar-refractivity contribution >= 4 is 29.6 Å². The molecule has 4 N–H and O–H groups in total. The van der Waals surface area contributed by atoms with E-state index in [1.54, 1.807) is 24.3 Å². The van der Waals surface area contributed by atoms with Gasteiger partial charge in [-0.1, -0.05) is 35.9 Å². The maximum atomic E-state index is 13.3. The molecule has 0 aromatic heterocycles. The van der Waals surface area contributed by atoms with Crippen molar-refractivity contribution in [1.82, 2.24) is 0 Å². The van der Waals surface area contributed by atoms with Gasteiger partial charge in [0.05, 0.1) is 5.57 Å². The lowest BCUT2D eigenvalue weighted by atomic mass is 9.95. The van der Waals surface area contributed by atoms with Crippen LogP contribution in [0.15, 0.2) is 42.0 Å². The summed E-state index contributed by atoms with van der Waals surface area (Å²) >= 11 is 6.07. The Morgan fingerprint density at radius 3 is 2.00 bits per heavy atom. The van der Waals surface area contributed by atoms with Gasteiger partial charge in [-0.2, -0.15) is 26.3 Å². The molecule has 2 aromatic rings. The maximum Gasteiger partial charge on any atom is 0.490 e. The average molecular weight is 498 g/mol. The van der Waals surface area contributed by atoms with Gasteiger partial charge >= 0.3 is 24.3 Å². The predicted octanol–water partition coefficient (Wildman–Crippen LogP) is 4.89. The molecule has 0 radical (unpaired) electrons. The van der Waals surface area contributed by atoms with E-state index in [1.807, 2.05) is 0 Å². The van der Waals surface area contributed by atoms with Crippen molar-refractivity contribution in [2.75, 3.05) is 0 Å². The summed E-state index contributed by atoms with van der Waals surface area (Å²) in [5.41, 5.74) is 6.60. The fourth-order valence-corrected chi connectivity index (χ4v) is 2.96. The van der Waals surface area contributed by atoms with E-state index >= 15 is 0 Å². The number of fused-ring (bicyclic) bond motifs is 1. The molecule has 178 valence electrons. The normalized spacial score (nSPS) is 15.4. The number of hydrogen-bond donors (Lipinski definition) is 3. The number of ether oxygens (including phenoxy) is 1. The van der Waals surface area contributed by atoms with Gasteiger partial charge in [0.2, 0.25) is 6.10 Å². The van der Waals surface area contributed by atoms with E-state index in [-0.39, 0.29) is 16.3 Å². The van der Waals surface area contributed by atoms with Crippen molar-refractivity contribution in [3.8, 4) is 16.9 Å². The third-order valence-corrected chi connectivity index (χ3v) is 4.42. The number of nitrogens with two attached hydrogens (primary N) is 1. The van der Waals surface area contributed by atoms with Crippen LogP contribution in [0, 0.1) is 0 Å². The largest absolute Gasteiger partial charge is 0.490 e. The van der Waals surface area contributed by atoms with Gasteiger partial charge in [0.25, 0.3) is 0 Å². The summed E-state index contributed by atoms with van der Waals surface area (Å²) in [5, 5.41) is 16.5. The van der Waals surface area contributed by atoms with Gasteiger partial charge in [0.15, 0.2) is 0 Å². The van der Waals surface area contributed by atoms with Crippen molar-refractivity contribution < 1.29 is 50.9 Å². The van der Waals surface area contributed by atoms with Gasteiger partial charge in [0, 0.05) is 22.7 Å². The summed E-state index contributed by atoms with van der Waals surface area (Å²) < 4.78 is 76.7. The second-order valence-corrected chi connectivity index (χ2v) is 6.96. The Bertz CT molecular complexity index is 1080. The highest BCUT2D eigenvalue weighted by Gasteiger charge is 2.48. The summed E-state index contributed by atoms with van der Waals surface area (Å²) in [6, 6.07) is 9.71. The Kier molecular flexibility index (Phi) is 7.65. The smallest absolute Gasteiger partial charge is 0.478 e. The molecule has 0 amide bonds. The number of halogens is 7. The Morgan fingerprint density at radius 1 is 1.03 bits per heavy atom. The molecule has 1 aliphatic rings. The molecular weight excluding hydrogens is 484 g/mol. The Morgan fingerprint density at radius 2 is 1.58 bits per heavy atom. The first-order valence-corrected chi connectivity index (χ1v) is 9.14. The zero-order valence-electron chi connectivity index (χ0n) is 16.2. The standard InChI is InChI=1S/C18H13ClF3NO3.C2HF3O2/c19-12-5-11-6-14(17(24)25)16(18(20,21)22)26-15(11)13(7-12)10-3-1-9(8-23)2-4-10;3-2(4,5)1(6)7/h1-7,16H,8,23H2,(H,24,25);(H,6,7). The number of alkyl halides is 6. The third-order valence-electron chi connectivity index (χ3n) is 4.20. The van der Waals surface area contributed by atoms with Crippen molar-refractivity contribution in [3.05, 3.63) is 58.1 Å². The highest BCUT2D eigenvalue weighted by molar-refractivity contribution is 6.31. The van der Waals surface area contributed by atoms with Gasteiger partial charge in [-0.3, -0.25) is 0 Å². The molecule has 13 heteroatoms. The van der Waals surface area contributed by atoms with Crippen molar-refractivity contribution in [1.29, 1.82) is 0 Å². The first-order chi connectivity index (χ1) is 15.1. The van der Waals surface area contributed by atoms with Crippen LogP contribution in [-0.4, -0.2) is 40.6 Å². The molecule has 33 heavy (non-hydrogen) atoms. The lowest BCUT2D eigenvalue weighted by molar-refractivity contribution is -0.192. The summed E-state index contributed by atoms with van der Waals surface area (Å²) in [5.74, 6) is -4.53. The number of hydrogen-bond acceptors (Lipinski definition) is 4. The number of carboxylic acid groups (broad SMARTS) is 2.